The van der Waals surface area contributed by atoms with Gasteiger partial charge in [-0.25, -0.2) is 28.1 Å². The highest BCUT2D eigenvalue weighted by molar-refractivity contribution is 4.80. The van der Waals surface area contributed by atoms with Crippen molar-refractivity contribution in [3.63, 3.8) is 0 Å². The zero-order chi connectivity index (χ0) is 14.4. The molecule has 0 atom stereocenters. The summed E-state index contributed by atoms with van der Waals surface area (Å²) in [7, 11) is 0. The molecule has 19 heavy (non-hydrogen) atoms. The van der Waals surface area contributed by atoms with Gasteiger partial charge < -0.3 is 0 Å². The highest BCUT2D eigenvalue weighted by Gasteiger charge is 2.13. The van der Waals surface area contributed by atoms with Gasteiger partial charge in [0.25, 0.3) is 0 Å². The summed E-state index contributed by atoms with van der Waals surface area (Å²) in [5.74, 6) is 0. The molecule has 106 valence electrons. The standard InChI is InChI=1S/C13H21N3O3/c1-4-7-10-16-12(18)14(8-5-2)11(17)15(9-6-3)13(16)19/h4H,1,5-10H2,2-3H3. The molecule has 0 saturated heterocycles. The van der Waals surface area contributed by atoms with Gasteiger partial charge in [-0.1, -0.05) is 19.9 Å². The van der Waals surface area contributed by atoms with E-state index in [1.807, 2.05) is 13.8 Å². The van der Waals surface area contributed by atoms with Crippen LogP contribution in [0, 0.1) is 0 Å². The van der Waals surface area contributed by atoms with Gasteiger partial charge in [-0.2, -0.15) is 0 Å². The Balaban J connectivity index is 3.54. The van der Waals surface area contributed by atoms with E-state index in [0.29, 0.717) is 32.4 Å². The molecular weight excluding hydrogens is 246 g/mol. The maximum absolute atomic E-state index is 12.1. The van der Waals surface area contributed by atoms with Crippen molar-refractivity contribution in [2.75, 3.05) is 0 Å². The number of allylic oxidation sites excluding steroid dienone is 1. The molecule has 0 spiro atoms. The van der Waals surface area contributed by atoms with E-state index in [2.05, 4.69) is 6.58 Å². The van der Waals surface area contributed by atoms with E-state index in [0.717, 1.165) is 13.7 Å². The smallest absolute Gasteiger partial charge is 0.247 e. The molecule has 6 heteroatoms. The Morgan fingerprint density at radius 1 is 0.842 bits per heavy atom. The van der Waals surface area contributed by atoms with E-state index >= 15 is 0 Å². The van der Waals surface area contributed by atoms with Crippen LogP contribution in [0.1, 0.15) is 33.1 Å². The Kier molecular flexibility index (Phi) is 5.54. The van der Waals surface area contributed by atoms with Gasteiger partial charge in [-0.05, 0) is 19.3 Å². The van der Waals surface area contributed by atoms with Crippen LogP contribution < -0.4 is 17.1 Å². The molecule has 6 nitrogen and oxygen atoms in total. The van der Waals surface area contributed by atoms with Gasteiger partial charge in [0.15, 0.2) is 0 Å². The predicted octanol–water partition coefficient (Wildman–Crippen LogP) is 0.568. The van der Waals surface area contributed by atoms with E-state index in [1.54, 1.807) is 6.08 Å². The molecule has 0 bridgehead atoms. The van der Waals surface area contributed by atoms with Gasteiger partial charge in [0, 0.05) is 19.6 Å². The molecule has 0 radical (unpaired) electrons. The fourth-order valence-corrected chi connectivity index (χ4v) is 1.92. The summed E-state index contributed by atoms with van der Waals surface area (Å²) < 4.78 is 3.40. The lowest BCUT2D eigenvalue weighted by atomic mass is 10.4. The summed E-state index contributed by atoms with van der Waals surface area (Å²) in [4.78, 5) is 36.4. The molecule has 1 aromatic rings. The number of nitrogens with zero attached hydrogens (tertiary/aromatic N) is 3. The van der Waals surface area contributed by atoms with Crippen molar-refractivity contribution >= 4 is 0 Å². The first kappa shape index (κ1) is 15.2. The third kappa shape index (κ3) is 3.13. The normalized spacial score (nSPS) is 10.6. The second kappa shape index (κ2) is 6.92. The zero-order valence-electron chi connectivity index (χ0n) is 11.6. The first-order valence-electron chi connectivity index (χ1n) is 6.63. The van der Waals surface area contributed by atoms with Gasteiger partial charge in [-0.3, -0.25) is 0 Å². The minimum Gasteiger partial charge on any atom is -0.247 e. The molecule has 1 heterocycles. The molecular formula is C13H21N3O3. The highest BCUT2D eigenvalue weighted by Crippen LogP contribution is 1.86. The topological polar surface area (TPSA) is 66.0 Å². The summed E-state index contributed by atoms with van der Waals surface area (Å²) in [6.07, 6.45) is 3.50. The Bertz CT molecular complexity index is 563. The Morgan fingerprint density at radius 2 is 1.21 bits per heavy atom. The minimum atomic E-state index is -0.522. The second-order valence-corrected chi connectivity index (χ2v) is 4.38. The van der Waals surface area contributed by atoms with Crippen LogP contribution in [0.25, 0.3) is 0 Å². The maximum Gasteiger partial charge on any atom is 0.336 e. The lowest BCUT2D eigenvalue weighted by Crippen LogP contribution is -2.54. The van der Waals surface area contributed by atoms with Crippen LogP contribution in [0.3, 0.4) is 0 Å². The average molecular weight is 267 g/mol. The van der Waals surface area contributed by atoms with Crippen molar-refractivity contribution in [1.82, 2.24) is 13.7 Å². The summed E-state index contributed by atoms with van der Waals surface area (Å²) in [5.41, 5.74) is -1.55. The third-order valence-corrected chi connectivity index (χ3v) is 2.84. The summed E-state index contributed by atoms with van der Waals surface area (Å²) in [6.45, 7) is 8.26. The van der Waals surface area contributed by atoms with Crippen molar-refractivity contribution in [2.45, 2.75) is 52.7 Å². The van der Waals surface area contributed by atoms with Crippen molar-refractivity contribution in [3.8, 4) is 0 Å². The van der Waals surface area contributed by atoms with Crippen molar-refractivity contribution in [2.24, 2.45) is 0 Å². The SMILES string of the molecule is C=CCCn1c(=O)n(CCC)c(=O)n(CCC)c1=O. The van der Waals surface area contributed by atoms with E-state index in [9.17, 15) is 14.4 Å². The van der Waals surface area contributed by atoms with Crippen LogP contribution in [0.5, 0.6) is 0 Å². The first-order chi connectivity index (χ1) is 9.08. The number of rotatable bonds is 7. The minimum absolute atomic E-state index is 0.259. The zero-order valence-corrected chi connectivity index (χ0v) is 11.6. The molecule has 0 aliphatic rings. The molecule has 1 rings (SSSR count). The van der Waals surface area contributed by atoms with Gasteiger partial charge >= 0.3 is 17.1 Å². The maximum atomic E-state index is 12.1. The summed E-state index contributed by atoms with van der Waals surface area (Å²) in [5, 5.41) is 0. The summed E-state index contributed by atoms with van der Waals surface area (Å²) >= 11 is 0. The van der Waals surface area contributed by atoms with Gasteiger partial charge in [-0.15, -0.1) is 6.58 Å². The number of hydrogen-bond donors (Lipinski definition) is 0. The first-order valence-corrected chi connectivity index (χ1v) is 6.63. The number of hydrogen-bond acceptors (Lipinski definition) is 3. The predicted molar refractivity (Wildman–Crippen MR) is 74.6 cm³/mol. The fourth-order valence-electron chi connectivity index (χ4n) is 1.92. The van der Waals surface area contributed by atoms with Crippen LogP contribution in [0.15, 0.2) is 27.0 Å². The average Bonchev–Trinajstić information content (AvgIpc) is 2.40. The Labute approximate surface area is 111 Å². The molecule has 0 aliphatic heterocycles. The lowest BCUT2D eigenvalue weighted by molar-refractivity contribution is 0.442. The molecule has 0 saturated carbocycles. The molecule has 0 unspecified atom stereocenters. The van der Waals surface area contributed by atoms with E-state index in [-0.39, 0.29) is 6.54 Å². The van der Waals surface area contributed by atoms with E-state index in [4.69, 9.17) is 0 Å². The van der Waals surface area contributed by atoms with Gasteiger partial charge in [0.1, 0.15) is 0 Å². The second-order valence-electron chi connectivity index (χ2n) is 4.38. The molecule has 0 N–H and O–H groups in total. The third-order valence-electron chi connectivity index (χ3n) is 2.84. The van der Waals surface area contributed by atoms with Crippen LogP contribution in [-0.2, 0) is 19.6 Å². The Hall–Kier alpha value is -1.85. The molecule has 0 aliphatic carbocycles. The van der Waals surface area contributed by atoms with Crippen LogP contribution in [-0.4, -0.2) is 13.7 Å². The van der Waals surface area contributed by atoms with Crippen LogP contribution >= 0.6 is 0 Å². The molecule has 0 fully saturated rings. The van der Waals surface area contributed by atoms with Crippen molar-refractivity contribution in [3.05, 3.63) is 44.1 Å². The monoisotopic (exact) mass is 267 g/mol. The highest BCUT2D eigenvalue weighted by atomic mass is 16.2. The lowest BCUT2D eigenvalue weighted by Gasteiger charge is -2.12. The van der Waals surface area contributed by atoms with E-state index in [1.165, 1.54) is 0 Å². The largest absolute Gasteiger partial charge is 0.336 e. The van der Waals surface area contributed by atoms with E-state index < -0.39 is 17.1 Å². The summed E-state index contributed by atoms with van der Waals surface area (Å²) in [6, 6.07) is 0. The van der Waals surface area contributed by atoms with Gasteiger partial charge in [0.2, 0.25) is 0 Å². The van der Waals surface area contributed by atoms with Crippen molar-refractivity contribution < 1.29 is 0 Å². The molecule has 0 amide bonds. The van der Waals surface area contributed by atoms with Gasteiger partial charge in [0.05, 0.1) is 0 Å². The quantitative estimate of drug-likeness (QED) is 0.678. The van der Waals surface area contributed by atoms with Crippen LogP contribution in [0.2, 0.25) is 0 Å². The molecule has 1 aromatic heterocycles. The van der Waals surface area contributed by atoms with Crippen LogP contribution in [0.4, 0.5) is 0 Å². The Morgan fingerprint density at radius 3 is 1.53 bits per heavy atom. The number of aromatic nitrogens is 3. The molecule has 0 aromatic carbocycles. The fraction of sp³-hybridized carbons (Fsp3) is 0.615. The van der Waals surface area contributed by atoms with Crippen molar-refractivity contribution in [1.29, 1.82) is 0 Å².